The highest BCUT2D eigenvalue weighted by molar-refractivity contribution is 6.25. The molecule has 6 heterocycles. The van der Waals surface area contributed by atoms with Crippen LogP contribution in [0.2, 0.25) is 0 Å². The fraction of sp³-hybridized carbons (Fsp3) is 0. The van der Waals surface area contributed by atoms with Crippen LogP contribution in [-0.4, -0.2) is 39.0 Å². The molecule has 0 aliphatic carbocycles. The maximum absolute atomic E-state index is 6.95. The normalized spacial score (nSPS) is 11.6. The molecule has 0 amide bonds. The minimum absolute atomic E-state index is 0.572. The first-order chi connectivity index (χ1) is 52.5. The van der Waals surface area contributed by atoms with Crippen molar-refractivity contribution in [3.05, 3.63) is 364 Å². The SMILES string of the molecule is c1ccc(-c2cccc(-c3nc(-c4cccc(-c5ccccc5)c4)nc(-c4ccc5c(c4)oc4c5ccc5c4c4ccccc4n5-c4cccc(-c5ccccc5)c4)n3)c2)cc1.c1ccc(-c2nc(-c3ccccc3)nc(-c3ccc4c(c3)oc3c4ccc4c3c3ccccc3n4-c3ccccc3)n2)cc1. The first kappa shape index (κ1) is 61.4. The summed E-state index contributed by atoms with van der Waals surface area (Å²) in [6.07, 6.45) is 0. The van der Waals surface area contributed by atoms with Crippen molar-refractivity contribution in [2.75, 3.05) is 0 Å². The summed E-state index contributed by atoms with van der Waals surface area (Å²) in [5, 5.41) is 8.73. The Kier molecular flexibility index (Phi) is 15.0. The minimum Gasteiger partial charge on any atom is -0.455 e. The molecule has 21 aromatic rings. The fourth-order valence-corrected chi connectivity index (χ4v) is 15.1. The maximum Gasteiger partial charge on any atom is 0.164 e. The van der Waals surface area contributed by atoms with Crippen LogP contribution in [0, 0.1) is 0 Å². The van der Waals surface area contributed by atoms with E-state index in [0.717, 1.165) is 154 Å². The molecule has 15 aromatic carbocycles. The lowest BCUT2D eigenvalue weighted by atomic mass is 10.0. The van der Waals surface area contributed by atoms with Gasteiger partial charge in [0.25, 0.3) is 0 Å². The Labute approximate surface area is 608 Å². The molecule has 10 heteroatoms. The Morgan fingerprint density at radius 2 is 0.472 bits per heavy atom. The van der Waals surface area contributed by atoms with E-state index in [0.29, 0.717) is 34.9 Å². The van der Waals surface area contributed by atoms with Crippen LogP contribution in [0.3, 0.4) is 0 Å². The largest absolute Gasteiger partial charge is 0.455 e. The van der Waals surface area contributed by atoms with Gasteiger partial charge in [0.2, 0.25) is 0 Å². The zero-order valence-corrected chi connectivity index (χ0v) is 57.0. The molecule has 0 fully saturated rings. The number of furan rings is 2. The molecule has 0 radical (unpaired) electrons. The Hall–Kier alpha value is -14.5. The lowest BCUT2D eigenvalue weighted by Gasteiger charge is -2.10. The smallest absolute Gasteiger partial charge is 0.164 e. The summed E-state index contributed by atoms with van der Waals surface area (Å²) in [5.74, 6) is 3.64. The minimum atomic E-state index is 0.572. The number of rotatable bonds is 11. The van der Waals surface area contributed by atoms with Gasteiger partial charge in [0.15, 0.2) is 34.9 Å². The second-order valence-electron chi connectivity index (χ2n) is 26.5. The molecule has 0 aliphatic heterocycles. The highest BCUT2D eigenvalue weighted by Crippen LogP contribution is 2.45. The van der Waals surface area contributed by atoms with Crippen LogP contribution >= 0.6 is 0 Å². The van der Waals surface area contributed by atoms with E-state index in [4.69, 9.17) is 38.7 Å². The van der Waals surface area contributed by atoms with Gasteiger partial charge in [-0.3, -0.25) is 0 Å². The number of aromatic nitrogens is 8. The fourth-order valence-electron chi connectivity index (χ4n) is 15.1. The standard InChI is InChI=1S/C57H36N4O.C39H24N4O/c1-4-15-37(16-5-1)40-21-12-24-43(33-40)55-58-56(44-25-13-22-41(34-44)38-17-6-2-7-18-38)60-57(59-55)45-29-30-47-48-31-32-51-53(54(48)62-52(47)36-45)49-27-10-11-28-50(49)61(51)46-26-14-23-42(35-46)39-19-8-3-9-20-39;1-4-12-25(13-5-1)37-40-38(26-14-6-2-7-15-26)42-39(41-37)27-20-21-29-30-22-23-33-35(36(30)44-34(29)24-27)31-18-10-11-19-32(31)43(33)28-16-8-3-9-17-28/h1-36H;1-24H. The van der Waals surface area contributed by atoms with Crippen molar-refractivity contribution in [3.63, 3.8) is 0 Å². The first-order valence-corrected chi connectivity index (χ1v) is 35.5. The average molecular weight is 1360 g/mol. The second kappa shape index (κ2) is 25.8. The second-order valence-corrected chi connectivity index (χ2v) is 26.5. The molecule has 496 valence electrons. The molecular formula is C96H60N8O2. The molecule has 0 bridgehead atoms. The van der Waals surface area contributed by atoms with Crippen LogP contribution in [0.4, 0.5) is 0 Å². The van der Waals surface area contributed by atoms with Crippen LogP contribution in [0.15, 0.2) is 373 Å². The molecule has 0 aliphatic rings. The highest BCUT2D eigenvalue weighted by Gasteiger charge is 2.24. The summed E-state index contributed by atoms with van der Waals surface area (Å²) in [5.41, 5.74) is 22.2. The third-order valence-corrected chi connectivity index (χ3v) is 20.1. The molecule has 0 saturated carbocycles. The molecule has 10 nitrogen and oxygen atoms in total. The van der Waals surface area contributed by atoms with Crippen LogP contribution in [-0.2, 0) is 0 Å². The van der Waals surface area contributed by atoms with E-state index in [1.165, 1.54) is 11.1 Å². The van der Waals surface area contributed by atoms with E-state index in [1.807, 2.05) is 78.9 Å². The number of benzene rings is 15. The van der Waals surface area contributed by atoms with Gasteiger partial charge in [0.1, 0.15) is 22.3 Å². The van der Waals surface area contributed by atoms with Gasteiger partial charge in [0, 0.05) is 77.1 Å². The van der Waals surface area contributed by atoms with Crippen LogP contribution in [0.1, 0.15) is 0 Å². The van der Waals surface area contributed by atoms with Gasteiger partial charge in [0.05, 0.1) is 32.8 Å². The molecule has 0 atom stereocenters. The van der Waals surface area contributed by atoms with Gasteiger partial charge >= 0.3 is 0 Å². The molecular weight excluding hydrogens is 1300 g/mol. The van der Waals surface area contributed by atoms with Gasteiger partial charge in [-0.15, -0.1) is 0 Å². The Bertz CT molecular complexity index is 6770. The summed E-state index contributed by atoms with van der Waals surface area (Å²) >= 11 is 0. The third kappa shape index (κ3) is 10.9. The third-order valence-electron chi connectivity index (χ3n) is 20.1. The lowest BCUT2D eigenvalue weighted by Crippen LogP contribution is -2.00. The van der Waals surface area contributed by atoms with Crippen LogP contribution < -0.4 is 0 Å². The molecule has 6 aromatic heterocycles. The van der Waals surface area contributed by atoms with Gasteiger partial charge < -0.3 is 18.0 Å². The maximum atomic E-state index is 6.95. The van der Waals surface area contributed by atoms with Crippen molar-refractivity contribution in [1.29, 1.82) is 0 Å². The summed E-state index contributed by atoms with van der Waals surface area (Å²) in [4.78, 5) is 30.1. The monoisotopic (exact) mass is 1360 g/mol. The molecule has 0 N–H and O–H groups in total. The van der Waals surface area contributed by atoms with E-state index in [9.17, 15) is 0 Å². The van der Waals surface area contributed by atoms with Crippen LogP contribution in [0.5, 0.6) is 0 Å². The summed E-state index contributed by atoms with van der Waals surface area (Å²) in [6, 6.07) is 126. The predicted molar refractivity (Wildman–Crippen MR) is 432 cm³/mol. The molecule has 106 heavy (non-hydrogen) atoms. The number of hydrogen-bond acceptors (Lipinski definition) is 8. The zero-order chi connectivity index (χ0) is 70.0. The Morgan fingerprint density at radius 1 is 0.179 bits per heavy atom. The topological polar surface area (TPSA) is 113 Å². The Balaban J connectivity index is 0.000000149. The van der Waals surface area contributed by atoms with E-state index < -0.39 is 0 Å². The summed E-state index contributed by atoms with van der Waals surface area (Å²) in [6.45, 7) is 0. The van der Waals surface area contributed by atoms with E-state index in [-0.39, 0.29) is 0 Å². The van der Waals surface area contributed by atoms with Crippen molar-refractivity contribution < 1.29 is 8.83 Å². The lowest BCUT2D eigenvalue weighted by molar-refractivity contribution is 0.672. The highest BCUT2D eigenvalue weighted by atomic mass is 16.3. The molecule has 0 spiro atoms. The van der Waals surface area contributed by atoms with Crippen molar-refractivity contribution in [1.82, 2.24) is 39.0 Å². The summed E-state index contributed by atoms with van der Waals surface area (Å²) in [7, 11) is 0. The van der Waals surface area contributed by atoms with Gasteiger partial charge in [-0.2, -0.15) is 0 Å². The molecule has 0 unspecified atom stereocenters. The number of nitrogens with zero attached hydrogens (tertiary/aromatic N) is 8. The molecule has 21 rings (SSSR count). The van der Waals surface area contributed by atoms with Gasteiger partial charge in [-0.05, 0) is 130 Å². The van der Waals surface area contributed by atoms with Crippen molar-refractivity contribution in [3.8, 4) is 113 Å². The first-order valence-electron chi connectivity index (χ1n) is 35.5. The summed E-state index contributed by atoms with van der Waals surface area (Å²) < 4.78 is 18.3. The van der Waals surface area contributed by atoms with Gasteiger partial charge in [-0.1, -0.05) is 267 Å². The van der Waals surface area contributed by atoms with Crippen LogP contribution in [0.25, 0.3) is 201 Å². The van der Waals surface area contributed by atoms with Crippen molar-refractivity contribution >= 4 is 87.5 Å². The van der Waals surface area contributed by atoms with E-state index in [1.54, 1.807) is 0 Å². The quantitative estimate of drug-likeness (QED) is 0.126. The number of fused-ring (bicyclic) bond motifs is 14. The van der Waals surface area contributed by atoms with Crippen molar-refractivity contribution in [2.24, 2.45) is 0 Å². The number of para-hydroxylation sites is 3. The predicted octanol–water partition coefficient (Wildman–Crippen LogP) is 24.7. The van der Waals surface area contributed by atoms with Crippen molar-refractivity contribution in [2.45, 2.75) is 0 Å². The van der Waals surface area contributed by atoms with Gasteiger partial charge in [-0.25, -0.2) is 29.9 Å². The molecule has 0 saturated heterocycles. The van der Waals surface area contributed by atoms with E-state index >= 15 is 0 Å². The van der Waals surface area contributed by atoms with E-state index in [2.05, 4.69) is 294 Å². The zero-order valence-electron chi connectivity index (χ0n) is 57.0. The average Bonchev–Trinajstić information content (AvgIpc) is 1.57. The number of hydrogen-bond donors (Lipinski definition) is 0. The Morgan fingerprint density at radius 3 is 0.887 bits per heavy atom.